The summed E-state index contributed by atoms with van der Waals surface area (Å²) in [6.07, 6.45) is 3.58. The minimum absolute atomic E-state index is 0.460. The molecule has 26 heavy (non-hydrogen) atoms. The van der Waals surface area contributed by atoms with Crippen LogP contribution >= 0.6 is 27.5 Å². The summed E-state index contributed by atoms with van der Waals surface area (Å²) in [5.74, 6) is 1.65. The summed E-state index contributed by atoms with van der Waals surface area (Å²) in [4.78, 5) is 9.14. The molecule has 1 aromatic carbocycles. The van der Waals surface area contributed by atoms with Gasteiger partial charge in [0.25, 0.3) is 0 Å². The molecule has 0 N–H and O–H groups in total. The third-order valence-electron chi connectivity index (χ3n) is 4.15. The summed E-state index contributed by atoms with van der Waals surface area (Å²) in [7, 11) is 0. The van der Waals surface area contributed by atoms with Crippen LogP contribution in [0.25, 0.3) is 11.6 Å². The Bertz CT molecular complexity index is 1080. The van der Waals surface area contributed by atoms with Crippen molar-refractivity contribution in [1.82, 2.24) is 9.55 Å². The summed E-state index contributed by atoms with van der Waals surface area (Å²) in [6.45, 7) is 8.16. The number of hydrogen-bond donors (Lipinski definition) is 0. The summed E-state index contributed by atoms with van der Waals surface area (Å²) in [6, 6.07) is 9.65. The van der Waals surface area contributed by atoms with Gasteiger partial charge < -0.3 is 4.74 Å². The predicted molar refractivity (Wildman–Crippen MR) is 109 cm³/mol. The molecule has 0 amide bonds. The van der Waals surface area contributed by atoms with Gasteiger partial charge in [-0.25, -0.2) is 9.98 Å². The first-order valence-corrected chi connectivity index (χ1v) is 9.17. The van der Waals surface area contributed by atoms with Crippen molar-refractivity contribution >= 4 is 44.9 Å². The third-order valence-corrected chi connectivity index (χ3v) is 4.88. The summed E-state index contributed by atoms with van der Waals surface area (Å²) in [5, 5.41) is 0.541. The number of rotatable bonds is 2. The second-order valence-corrected chi connectivity index (χ2v) is 7.47. The fourth-order valence-corrected chi connectivity index (χ4v) is 3.69. The van der Waals surface area contributed by atoms with E-state index in [1.54, 1.807) is 18.3 Å². The Kier molecular flexibility index (Phi) is 4.21. The summed E-state index contributed by atoms with van der Waals surface area (Å²) < 4.78 is 8.69. The lowest BCUT2D eigenvalue weighted by Gasteiger charge is -2.21. The number of fused-ring (bicyclic) bond motifs is 1. The zero-order chi connectivity index (χ0) is 18.4. The lowest BCUT2D eigenvalue weighted by atomic mass is 10.0. The average Bonchev–Trinajstić information content (AvgIpc) is 2.97. The van der Waals surface area contributed by atoms with Crippen LogP contribution in [0.5, 0.6) is 0 Å². The zero-order valence-electron chi connectivity index (χ0n) is 14.3. The molecule has 0 fully saturated rings. The van der Waals surface area contributed by atoms with Gasteiger partial charge in [-0.05, 0) is 65.2 Å². The molecular formula is C20H15BrClN3O. The molecule has 0 unspecified atom stereocenters. The van der Waals surface area contributed by atoms with Gasteiger partial charge in [-0.3, -0.25) is 4.57 Å². The van der Waals surface area contributed by atoms with E-state index in [0.29, 0.717) is 22.5 Å². The van der Waals surface area contributed by atoms with E-state index < -0.39 is 0 Å². The van der Waals surface area contributed by atoms with Crippen molar-refractivity contribution in [2.75, 3.05) is 0 Å². The lowest BCUT2D eigenvalue weighted by Crippen LogP contribution is -2.15. The van der Waals surface area contributed by atoms with Crippen molar-refractivity contribution in [3.8, 4) is 5.82 Å². The van der Waals surface area contributed by atoms with Crippen molar-refractivity contribution in [3.63, 3.8) is 0 Å². The maximum absolute atomic E-state index is 6.33. The highest BCUT2D eigenvalue weighted by atomic mass is 79.9. The van der Waals surface area contributed by atoms with Crippen LogP contribution in [0.1, 0.15) is 22.4 Å². The molecule has 3 aromatic rings. The van der Waals surface area contributed by atoms with Crippen molar-refractivity contribution in [3.05, 3.63) is 81.2 Å². The largest absolute Gasteiger partial charge is 0.437 e. The number of aromatic nitrogens is 2. The maximum atomic E-state index is 6.33. The first-order valence-electron chi connectivity index (χ1n) is 8.00. The third kappa shape index (κ3) is 2.87. The Labute approximate surface area is 164 Å². The highest BCUT2D eigenvalue weighted by Gasteiger charge is 2.24. The fraction of sp³-hybridized carbons (Fsp3) is 0.100. The number of halogens is 2. The molecular weight excluding hydrogens is 414 g/mol. The number of ether oxygens (including phenoxy) is 1. The number of benzene rings is 1. The number of aryl methyl sites for hydroxylation is 2. The van der Waals surface area contributed by atoms with Crippen molar-refractivity contribution < 1.29 is 4.74 Å². The molecule has 1 aliphatic rings. The fourth-order valence-electron chi connectivity index (χ4n) is 3.05. The molecule has 0 bridgehead atoms. The second kappa shape index (κ2) is 6.41. The van der Waals surface area contributed by atoms with Crippen LogP contribution in [0.2, 0.25) is 5.02 Å². The smallest absolute Gasteiger partial charge is 0.244 e. The zero-order valence-corrected chi connectivity index (χ0v) is 16.6. The molecule has 2 aromatic heterocycles. The van der Waals surface area contributed by atoms with Gasteiger partial charge in [0.15, 0.2) is 5.82 Å². The molecule has 4 nitrogen and oxygen atoms in total. The van der Waals surface area contributed by atoms with E-state index in [9.17, 15) is 0 Å². The van der Waals surface area contributed by atoms with Crippen molar-refractivity contribution in [2.45, 2.75) is 13.8 Å². The van der Waals surface area contributed by atoms with Crippen molar-refractivity contribution in [2.24, 2.45) is 4.99 Å². The lowest BCUT2D eigenvalue weighted by molar-refractivity contribution is 0.501. The molecule has 0 saturated carbocycles. The van der Waals surface area contributed by atoms with Crippen LogP contribution in [0.15, 0.2) is 58.8 Å². The highest BCUT2D eigenvalue weighted by molar-refractivity contribution is 9.10. The number of hydrogen-bond acceptors (Lipinski definition) is 3. The van der Waals surface area contributed by atoms with E-state index in [4.69, 9.17) is 21.3 Å². The molecule has 0 radical (unpaired) electrons. The number of aliphatic imine (C=N–C) groups is 1. The van der Waals surface area contributed by atoms with Gasteiger partial charge in [0.05, 0.1) is 10.7 Å². The molecule has 0 saturated heterocycles. The SMILES string of the molecule is C=C1OC(c2cc(Br)cn2-c2ncccc2Cl)=Nc2c(C)cc(C)cc21. The predicted octanol–water partition coefficient (Wildman–Crippen LogP) is 5.98. The van der Waals surface area contributed by atoms with E-state index in [1.807, 2.05) is 36.7 Å². The topological polar surface area (TPSA) is 39.4 Å². The van der Waals surface area contributed by atoms with Crippen LogP contribution in [-0.2, 0) is 4.74 Å². The molecule has 6 heteroatoms. The first kappa shape index (κ1) is 17.1. The van der Waals surface area contributed by atoms with Gasteiger partial charge in [0.1, 0.15) is 11.5 Å². The molecule has 0 aliphatic carbocycles. The normalized spacial score (nSPS) is 13.2. The second-order valence-electron chi connectivity index (χ2n) is 6.14. The molecule has 1 aliphatic heterocycles. The molecule has 3 heterocycles. The Morgan fingerprint density at radius 1 is 1.23 bits per heavy atom. The van der Waals surface area contributed by atoms with Crippen molar-refractivity contribution in [1.29, 1.82) is 0 Å². The van der Waals surface area contributed by atoms with Crippen LogP contribution in [0.3, 0.4) is 0 Å². The first-order chi connectivity index (χ1) is 12.4. The van der Waals surface area contributed by atoms with Gasteiger partial charge in [-0.15, -0.1) is 0 Å². The molecule has 4 rings (SSSR count). The van der Waals surface area contributed by atoms with Gasteiger partial charge in [-0.2, -0.15) is 0 Å². The van der Waals surface area contributed by atoms with E-state index in [1.165, 1.54) is 0 Å². The summed E-state index contributed by atoms with van der Waals surface area (Å²) >= 11 is 9.85. The van der Waals surface area contributed by atoms with E-state index in [-0.39, 0.29) is 0 Å². The maximum Gasteiger partial charge on any atom is 0.244 e. The minimum Gasteiger partial charge on any atom is -0.437 e. The summed E-state index contributed by atoms with van der Waals surface area (Å²) in [5.41, 5.74) is 4.76. The standard InChI is InChI=1S/C20H15BrClN3O/c1-11-7-12(2)18-15(8-11)13(3)26-20(24-18)17-9-14(21)10-25(17)19-16(22)5-4-6-23-19/h4-10H,3H2,1-2H3. The van der Waals surface area contributed by atoms with Crippen LogP contribution in [0.4, 0.5) is 5.69 Å². The van der Waals surface area contributed by atoms with Gasteiger partial charge in [0, 0.05) is 22.4 Å². The Morgan fingerprint density at radius 2 is 2.04 bits per heavy atom. The Balaban J connectivity index is 1.91. The van der Waals surface area contributed by atoms with Gasteiger partial charge >= 0.3 is 0 Å². The molecule has 0 atom stereocenters. The quantitative estimate of drug-likeness (QED) is 0.503. The molecule has 130 valence electrons. The molecule has 0 spiro atoms. The van der Waals surface area contributed by atoms with E-state index >= 15 is 0 Å². The number of pyridine rings is 1. The van der Waals surface area contributed by atoms with E-state index in [0.717, 1.165) is 32.5 Å². The van der Waals surface area contributed by atoms with Gasteiger partial charge in [-0.1, -0.05) is 24.2 Å². The minimum atomic E-state index is 0.460. The van der Waals surface area contributed by atoms with Crippen LogP contribution in [-0.4, -0.2) is 15.4 Å². The van der Waals surface area contributed by atoms with Crippen LogP contribution in [0, 0.1) is 13.8 Å². The van der Waals surface area contributed by atoms with E-state index in [2.05, 4.69) is 33.6 Å². The highest BCUT2D eigenvalue weighted by Crippen LogP contribution is 2.37. The number of nitrogens with zero attached hydrogens (tertiary/aromatic N) is 3. The average molecular weight is 429 g/mol. The Hall–Kier alpha value is -2.37. The Morgan fingerprint density at radius 3 is 2.81 bits per heavy atom. The monoisotopic (exact) mass is 427 g/mol. The van der Waals surface area contributed by atoms with Crippen LogP contribution < -0.4 is 0 Å². The van der Waals surface area contributed by atoms with Gasteiger partial charge in [0.2, 0.25) is 5.90 Å².